The lowest BCUT2D eigenvalue weighted by atomic mass is 9.93. The number of carbonyl (C=O) groups excluding carboxylic acids is 2. The maximum Gasteiger partial charge on any atom is 0.358 e. The fourth-order valence-electron chi connectivity index (χ4n) is 3.27. The molecule has 1 aromatic heterocycles. The molecule has 1 aromatic carbocycles. The van der Waals surface area contributed by atoms with Crippen LogP contribution in [0.25, 0.3) is 5.69 Å². The largest absolute Gasteiger partial charge is 0.461 e. The highest BCUT2D eigenvalue weighted by atomic mass is 16.5. The molecule has 2 N–H and O–H groups in total. The molecule has 144 valence electrons. The van der Waals surface area contributed by atoms with Crippen LogP contribution in [0.15, 0.2) is 36.5 Å². The number of aromatic nitrogens is 2. The first-order valence-corrected chi connectivity index (χ1v) is 9.50. The Morgan fingerprint density at radius 1 is 1.26 bits per heavy atom. The molecule has 0 atom stereocenters. The number of nitrogens with zero attached hydrogens (tertiary/aromatic N) is 2. The quantitative estimate of drug-likeness (QED) is 0.732. The van der Waals surface area contributed by atoms with Gasteiger partial charge in [0, 0.05) is 12.6 Å². The van der Waals surface area contributed by atoms with Crippen LogP contribution in [0.5, 0.6) is 0 Å². The Balaban J connectivity index is 1.65. The molecule has 1 fully saturated rings. The molecule has 7 nitrogen and oxygen atoms in total. The number of amides is 1. The highest BCUT2D eigenvalue weighted by Gasteiger charge is 2.16. The molecule has 2 aromatic rings. The van der Waals surface area contributed by atoms with Crippen LogP contribution in [-0.4, -0.2) is 41.4 Å². The molecule has 0 unspecified atom stereocenters. The van der Waals surface area contributed by atoms with Crippen molar-refractivity contribution in [2.24, 2.45) is 5.92 Å². The van der Waals surface area contributed by atoms with E-state index in [1.54, 1.807) is 23.9 Å². The number of anilines is 1. The minimum Gasteiger partial charge on any atom is -0.461 e. The average molecular weight is 370 g/mol. The number of ether oxygens (including phenoxy) is 1. The lowest BCUT2D eigenvalue weighted by molar-refractivity contribution is -0.116. The number of para-hydroxylation sites is 2. The van der Waals surface area contributed by atoms with Gasteiger partial charge in [-0.15, -0.1) is 0 Å². The predicted molar refractivity (Wildman–Crippen MR) is 103 cm³/mol. The van der Waals surface area contributed by atoms with Crippen molar-refractivity contribution in [3.63, 3.8) is 0 Å². The third-order valence-electron chi connectivity index (χ3n) is 4.74. The van der Waals surface area contributed by atoms with E-state index in [1.807, 2.05) is 24.3 Å². The van der Waals surface area contributed by atoms with Gasteiger partial charge in [0.1, 0.15) is 0 Å². The Hall–Kier alpha value is -2.67. The van der Waals surface area contributed by atoms with E-state index >= 15 is 0 Å². The van der Waals surface area contributed by atoms with Gasteiger partial charge in [0.05, 0.1) is 18.0 Å². The maximum absolute atomic E-state index is 12.4. The van der Waals surface area contributed by atoms with Crippen molar-refractivity contribution in [1.82, 2.24) is 15.1 Å². The zero-order valence-corrected chi connectivity index (χ0v) is 15.6. The summed E-state index contributed by atoms with van der Waals surface area (Å²) in [6, 6.07) is 9.02. The van der Waals surface area contributed by atoms with Gasteiger partial charge in [0.25, 0.3) is 0 Å². The van der Waals surface area contributed by atoms with E-state index in [4.69, 9.17) is 4.74 Å². The molecule has 1 saturated heterocycles. The van der Waals surface area contributed by atoms with Crippen LogP contribution in [0.2, 0.25) is 0 Å². The second kappa shape index (κ2) is 9.32. The SMILES string of the molecule is CCOC(=O)c1ccn(-c2ccccc2NC(=O)CCC2CCNCC2)n1. The minimum absolute atomic E-state index is 0.00115. The van der Waals surface area contributed by atoms with Crippen LogP contribution in [0.3, 0.4) is 0 Å². The van der Waals surface area contributed by atoms with Crippen molar-refractivity contribution in [1.29, 1.82) is 0 Å². The number of benzene rings is 1. The second-order valence-corrected chi connectivity index (χ2v) is 6.66. The smallest absolute Gasteiger partial charge is 0.358 e. The summed E-state index contributed by atoms with van der Waals surface area (Å²) in [6.45, 7) is 4.13. The molecule has 1 amide bonds. The predicted octanol–water partition coefficient (Wildman–Crippen LogP) is 2.77. The summed E-state index contributed by atoms with van der Waals surface area (Å²) in [4.78, 5) is 24.2. The van der Waals surface area contributed by atoms with Crippen LogP contribution in [-0.2, 0) is 9.53 Å². The van der Waals surface area contributed by atoms with Crippen LogP contribution < -0.4 is 10.6 Å². The first-order valence-electron chi connectivity index (χ1n) is 9.50. The van der Waals surface area contributed by atoms with E-state index in [0.29, 0.717) is 30.3 Å². The van der Waals surface area contributed by atoms with Gasteiger partial charge in [-0.2, -0.15) is 5.10 Å². The van der Waals surface area contributed by atoms with Crippen molar-refractivity contribution in [2.45, 2.75) is 32.6 Å². The number of nitrogens with one attached hydrogen (secondary N) is 2. The summed E-state index contributed by atoms with van der Waals surface area (Å²) in [7, 11) is 0. The van der Waals surface area contributed by atoms with Gasteiger partial charge in [-0.1, -0.05) is 12.1 Å². The van der Waals surface area contributed by atoms with E-state index in [1.165, 1.54) is 0 Å². The Morgan fingerprint density at radius 3 is 2.81 bits per heavy atom. The van der Waals surface area contributed by atoms with E-state index in [-0.39, 0.29) is 11.6 Å². The topological polar surface area (TPSA) is 85.2 Å². The Morgan fingerprint density at radius 2 is 2.04 bits per heavy atom. The zero-order valence-electron chi connectivity index (χ0n) is 15.6. The number of piperidine rings is 1. The average Bonchev–Trinajstić information content (AvgIpc) is 3.18. The fourth-order valence-corrected chi connectivity index (χ4v) is 3.27. The first-order chi connectivity index (χ1) is 13.2. The van der Waals surface area contributed by atoms with E-state index in [0.717, 1.165) is 32.4 Å². The van der Waals surface area contributed by atoms with E-state index in [9.17, 15) is 9.59 Å². The zero-order chi connectivity index (χ0) is 19.1. The van der Waals surface area contributed by atoms with Crippen molar-refractivity contribution in [2.75, 3.05) is 25.0 Å². The Bertz CT molecular complexity index is 781. The highest BCUT2D eigenvalue weighted by molar-refractivity contribution is 5.93. The fraction of sp³-hybridized carbons (Fsp3) is 0.450. The molecule has 7 heteroatoms. The highest BCUT2D eigenvalue weighted by Crippen LogP contribution is 2.22. The third kappa shape index (κ3) is 5.17. The normalized spacial score (nSPS) is 14.7. The molecule has 2 heterocycles. The molecular weight excluding hydrogens is 344 g/mol. The van der Waals surface area contributed by atoms with Crippen LogP contribution in [0, 0.1) is 5.92 Å². The molecule has 0 bridgehead atoms. The summed E-state index contributed by atoms with van der Waals surface area (Å²) in [5.74, 6) is 0.156. The van der Waals surface area contributed by atoms with E-state index < -0.39 is 5.97 Å². The van der Waals surface area contributed by atoms with Crippen molar-refractivity contribution in [3.8, 4) is 5.69 Å². The summed E-state index contributed by atoms with van der Waals surface area (Å²) in [5.41, 5.74) is 1.62. The van der Waals surface area contributed by atoms with Gasteiger partial charge in [-0.25, -0.2) is 9.48 Å². The number of esters is 1. The van der Waals surface area contributed by atoms with Gasteiger partial charge in [0.15, 0.2) is 5.69 Å². The molecule has 1 aliphatic heterocycles. The Labute approximate surface area is 159 Å². The molecule has 1 aliphatic rings. The van der Waals surface area contributed by atoms with Crippen LogP contribution >= 0.6 is 0 Å². The number of hydrogen-bond donors (Lipinski definition) is 2. The van der Waals surface area contributed by atoms with Gasteiger partial charge >= 0.3 is 5.97 Å². The van der Waals surface area contributed by atoms with Crippen LogP contribution in [0.4, 0.5) is 5.69 Å². The second-order valence-electron chi connectivity index (χ2n) is 6.66. The van der Waals surface area contributed by atoms with Gasteiger partial charge < -0.3 is 15.4 Å². The molecule has 0 radical (unpaired) electrons. The molecule has 27 heavy (non-hydrogen) atoms. The van der Waals surface area contributed by atoms with Crippen molar-refractivity contribution in [3.05, 3.63) is 42.2 Å². The summed E-state index contributed by atoms with van der Waals surface area (Å²) in [6.07, 6.45) is 5.37. The Kier molecular flexibility index (Phi) is 6.59. The molecule has 0 saturated carbocycles. The third-order valence-corrected chi connectivity index (χ3v) is 4.74. The van der Waals surface area contributed by atoms with Crippen molar-refractivity contribution >= 4 is 17.6 Å². The maximum atomic E-state index is 12.4. The molecule has 0 aliphatic carbocycles. The molecule has 0 spiro atoms. The number of rotatable bonds is 7. The summed E-state index contributed by atoms with van der Waals surface area (Å²) >= 11 is 0. The summed E-state index contributed by atoms with van der Waals surface area (Å²) in [5, 5.41) is 10.6. The van der Waals surface area contributed by atoms with Gasteiger partial charge in [-0.3, -0.25) is 4.79 Å². The van der Waals surface area contributed by atoms with E-state index in [2.05, 4.69) is 15.7 Å². The molecule has 3 rings (SSSR count). The number of carbonyl (C=O) groups is 2. The standard InChI is InChI=1S/C20H26N4O3/c1-2-27-20(26)17-11-14-24(23-17)18-6-4-3-5-16(18)22-19(25)8-7-15-9-12-21-13-10-15/h3-6,11,14-15,21H,2,7-10,12-13H2,1H3,(H,22,25). The number of hydrogen-bond acceptors (Lipinski definition) is 5. The van der Waals surface area contributed by atoms with Crippen molar-refractivity contribution < 1.29 is 14.3 Å². The summed E-state index contributed by atoms with van der Waals surface area (Å²) < 4.78 is 6.55. The van der Waals surface area contributed by atoms with Gasteiger partial charge in [0.2, 0.25) is 5.91 Å². The molecular formula is C20H26N4O3. The van der Waals surface area contributed by atoms with Crippen LogP contribution in [0.1, 0.15) is 43.1 Å². The van der Waals surface area contributed by atoms with Gasteiger partial charge in [-0.05, 0) is 63.4 Å². The monoisotopic (exact) mass is 370 g/mol. The lowest BCUT2D eigenvalue weighted by Gasteiger charge is -2.22. The lowest BCUT2D eigenvalue weighted by Crippen LogP contribution is -2.28. The first kappa shape index (κ1) is 19.1. The minimum atomic E-state index is -0.459.